The lowest BCUT2D eigenvalue weighted by molar-refractivity contribution is -0.131. The van der Waals surface area contributed by atoms with Crippen molar-refractivity contribution in [3.63, 3.8) is 0 Å². The molecule has 0 aromatic carbocycles. The van der Waals surface area contributed by atoms with Gasteiger partial charge in [-0.25, -0.2) is 9.78 Å². The first-order valence-corrected chi connectivity index (χ1v) is 7.70. The molecular formula is C17H24N2O2. The third-order valence-electron chi connectivity index (χ3n) is 4.84. The monoisotopic (exact) mass is 288 g/mol. The number of carboxylic acid groups (broad SMARTS) is 1. The van der Waals surface area contributed by atoms with Gasteiger partial charge in [-0.1, -0.05) is 26.7 Å². The molecule has 0 radical (unpaired) electrons. The number of rotatable bonds is 5. The van der Waals surface area contributed by atoms with Gasteiger partial charge in [0.2, 0.25) is 0 Å². The molecule has 1 aromatic rings. The molecule has 0 saturated carbocycles. The van der Waals surface area contributed by atoms with Crippen molar-refractivity contribution in [1.82, 2.24) is 4.98 Å². The summed E-state index contributed by atoms with van der Waals surface area (Å²) < 4.78 is 0. The Balaban J connectivity index is 1.99. The minimum absolute atomic E-state index is 0.515. The topological polar surface area (TPSA) is 53.4 Å². The van der Waals surface area contributed by atoms with Crippen LogP contribution in [0.1, 0.15) is 45.1 Å². The van der Waals surface area contributed by atoms with E-state index in [0.29, 0.717) is 5.41 Å². The van der Waals surface area contributed by atoms with Gasteiger partial charge < -0.3 is 10.0 Å². The molecule has 2 rings (SSSR count). The van der Waals surface area contributed by atoms with Gasteiger partial charge in [-0.3, -0.25) is 0 Å². The van der Waals surface area contributed by atoms with E-state index in [9.17, 15) is 4.79 Å². The average Bonchev–Trinajstić information content (AvgIpc) is 2.53. The summed E-state index contributed by atoms with van der Waals surface area (Å²) in [6.45, 7) is 6.69. The van der Waals surface area contributed by atoms with E-state index in [1.807, 2.05) is 12.1 Å². The number of piperidine rings is 1. The lowest BCUT2D eigenvalue weighted by Crippen LogP contribution is -2.40. The van der Waals surface area contributed by atoms with Crippen molar-refractivity contribution < 1.29 is 9.90 Å². The third-order valence-corrected chi connectivity index (χ3v) is 4.84. The van der Waals surface area contributed by atoms with Gasteiger partial charge in [-0.15, -0.1) is 0 Å². The Labute approximate surface area is 126 Å². The highest BCUT2D eigenvalue weighted by Crippen LogP contribution is 2.38. The standard InChI is InChI=1S/C17H24N2O2/c1-3-17(4-2)9-11-19(12-10-17)15-7-5-14(13-18-15)6-8-16(20)21/h5-8,13H,3-4,9-12H2,1-2H3,(H,20,21)/b8-6+. The Morgan fingerprint density at radius 2 is 2.00 bits per heavy atom. The van der Waals surface area contributed by atoms with Crippen LogP contribution in [0.15, 0.2) is 24.4 Å². The Kier molecular flexibility index (Phi) is 4.99. The van der Waals surface area contributed by atoms with Crippen molar-refractivity contribution in [3.8, 4) is 0 Å². The Hall–Kier alpha value is -1.84. The fourth-order valence-electron chi connectivity index (χ4n) is 3.02. The maximum atomic E-state index is 10.5. The summed E-state index contributed by atoms with van der Waals surface area (Å²) in [5.74, 6) is 0.0499. The van der Waals surface area contributed by atoms with Crippen molar-refractivity contribution in [3.05, 3.63) is 30.0 Å². The van der Waals surface area contributed by atoms with Crippen LogP contribution in [0.25, 0.3) is 6.08 Å². The van der Waals surface area contributed by atoms with Gasteiger partial charge in [0.15, 0.2) is 0 Å². The zero-order valence-electron chi connectivity index (χ0n) is 12.9. The molecule has 0 bridgehead atoms. The molecule has 1 aliphatic heterocycles. The molecule has 4 nitrogen and oxygen atoms in total. The van der Waals surface area contributed by atoms with Gasteiger partial charge >= 0.3 is 5.97 Å². The highest BCUT2D eigenvalue weighted by atomic mass is 16.4. The molecule has 0 spiro atoms. The summed E-state index contributed by atoms with van der Waals surface area (Å²) in [4.78, 5) is 17.3. The van der Waals surface area contributed by atoms with Crippen LogP contribution in [-0.4, -0.2) is 29.1 Å². The van der Waals surface area contributed by atoms with E-state index in [1.165, 1.54) is 25.7 Å². The van der Waals surface area contributed by atoms with Gasteiger partial charge in [-0.2, -0.15) is 0 Å². The van der Waals surface area contributed by atoms with Crippen molar-refractivity contribution in [2.75, 3.05) is 18.0 Å². The summed E-state index contributed by atoms with van der Waals surface area (Å²) in [5.41, 5.74) is 1.33. The summed E-state index contributed by atoms with van der Waals surface area (Å²) in [7, 11) is 0. The number of pyridine rings is 1. The van der Waals surface area contributed by atoms with E-state index >= 15 is 0 Å². The molecule has 1 N–H and O–H groups in total. The molecule has 1 saturated heterocycles. The molecule has 2 heterocycles. The molecule has 1 aromatic heterocycles. The van der Waals surface area contributed by atoms with Crippen LogP contribution in [0.4, 0.5) is 5.82 Å². The highest BCUT2D eigenvalue weighted by Gasteiger charge is 2.31. The van der Waals surface area contributed by atoms with Crippen LogP contribution < -0.4 is 4.90 Å². The summed E-state index contributed by atoms with van der Waals surface area (Å²) in [5, 5.41) is 8.61. The second-order valence-electron chi connectivity index (χ2n) is 5.82. The zero-order valence-corrected chi connectivity index (χ0v) is 12.9. The summed E-state index contributed by atoms with van der Waals surface area (Å²) in [6, 6.07) is 3.90. The third kappa shape index (κ3) is 3.84. The fourth-order valence-corrected chi connectivity index (χ4v) is 3.02. The number of anilines is 1. The minimum atomic E-state index is -0.939. The summed E-state index contributed by atoms with van der Waals surface area (Å²) >= 11 is 0. The van der Waals surface area contributed by atoms with E-state index in [1.54, 1.807) is 12.3 Å². The number of hydrogen-bond donors (Lipinski definition) is 1. The molecule has 0 atom stereocenters. The molecular weight excluding hydrogens is 264 g/mol. The van der Waals surface area contributed by atoms with Crippen molar-refractivity contribution in [2.24, 2.45) is 5.41 Å². The molecule has 0 amide bonds. The predicted octanol–water partition coefficient (Wildman–Crippen LogP) is 3.59. The van der Waals surface area contributed by atoms with Crippen molar-refractivity contribution in [1.29, 1.82) is 0 Å². The largest absolute Gasteiger partial charge is 0.478 e. The molecule has 0 aliphatic carbocycles. The molecule has 1 fully saturated rings. The number of aliphatic carboxylic acids is 1. The maximum absolute atomic E-state index is 10.5. The lowest BCUT2D eigenvalue weighted by Gasteiger charge is -2.41. The second-order valence-corrected chi connectivity index (χ2v) is 5.82. The Bertz CT molecular complexity index is 494. The molecule has 0 unspecified atom stereocenters. The number of carboxylic acids is 1. The SMILES string of the molecule is CCC1(CC)CCN(c2ccc(/C=C/C(=O)O)cn2)CC1. The number of carbonyl (C=O) groups is 1. The number of aromatic nitrogens is 1. The first kappa shape index (κ1) is 15.5. The minimum Gasteiger partial charge on any atom is -0.478 e. The fraction of sp³-hybridized carbons (Fsp3) is 0.529. The molecule has 21 heavy (non-hydrogen) atoms. The van der Waals surface area contributed by atoms with E-state index in [0.717, 1.165) is 30.5 Å². The number of hydrogen-bond acceptors (Lipinski definition) is 3. The first-order chi connectivity index (χ1) is 10.1. The molecule has 1 aliphatic rings. The van der Waals surface area contributed by atoms with Crippen LogP contribution in [0.2, 0.25) is 0 Å². The Morgan fingerprint density at radius 3 is 2.48 bits per heavy atom. The lowest BCUT2D eigenvalue weighted by atomic mass is 9.74. The van der Waals surface area contributed by atoms with Crippen molar-refractivity contribution >= 4 is 17.9 Å². The predicted molar refractivity (Wildman–Crippen MR) is 85.4 cm³/mol. The first-order valence-electron chi connectivity index (χ1n) is 7.70. The normalized spacial score (nSPS) is 18.1. The quantitative estimate of drug-likeness (QED) is 0.841. The highest BCUT2D eigenvalue weighted by molar-refractivity contribution is 5.85. The average molecular weight is 288 g/mol. The van der Waals surface area contributed by atoms with E-state index < -0.39 is 5.97 Å². The van der Waals surface area contributed by atoms with Crippen LogP contribution in [0.5, 0.6) is 0 Å². The molecule has 114 valence electrons. The van der Waals surface area contributed by atoms with Gasteiger partial charge in [0.1, 0.15) is 5.82 Å². The van der Waals surface area contributed by atoms with E-state index in [4.69, 9.17) is 5.11 Å². The van der Waals surface area contributed by atoms with Crippen LogP contribution >= 0.6 is 0 Å². The van der Waals surface area contributed by atoms with Gasteiger partial charge in [0.25, 0.3) is 0 Å². The summed E-state index contributed by atoms with van der Waals surface area (Å²) in [6.07, 6.45) is 9.39. The van der Waals surface area contributed by atoms with Crippen molar-refractivity contribution in [2.45, 2.75) is 39.5 Å². The van der Waals surface area contributed by atoms with Crippen LogP contribution in [0, 0.1) is 5.41 Å². The Morgan fingerprint density at radius 1 is 1.33 bits per heavy atom. The molecule has 4 heteroatoms. The van der Waals surface area contributed by atoms with Crippen LogP contribution in [-0.2, 0) is 4.79 Å². The van der Waals surface area contributed by atoms with E-state index in [2.05, 4.69) is 23.7 Å². The van der Waals surface area contributed by atoms with Gasteiger partial charge in [-0.05, 0) is 42.0 Å². The van der Waals surface area contributed by atoms with E-state index in [-0.39, 0.29) is 0 Å². The second kappa shape index (κ2) is 6.74. The zero-order chi connectivity index (χ0) is 15.3. The number of nitrogens with zero attached hydrogens (tertiary/aromatic N) is 2. The maximum Gasteiger partial charge on any atom is 0.328 e. The smallest absolute Gasteiger partial charge is 0.328 e. The van der Waals surface area contributed by atoms with Gasteiger partial charge in [0.05, 0.1) is 0 Å². The van der Waals surface area contributed by atoms with Crippen LogP contribution in [0.3, 0.4) is 0 Å². The van der Waals surface area contributed by atoms with Gasteiger partial charge in [0, 0.05) is 25.4 Å².